The van der Waals surface area contributed by atoms with Gasteiger partial charge in [0.05, 0.1) is 6.61 Å². The van der Waals surface area contributed by atoms with Crippen LogP contribution >= 0.6 is 0 Å². The highest BCUT2D eigenvalue weighted by Gasteiger charge is 2.15. The Morgan fingerprint density at radius 1 is 0.826 bits per heavy atom. The zero-order chi connectivity index (χ0) is 16.1. The minimum Gasteiger partial charge on any atom is -0.368 e. The third-order valence-electron chi connectivity index (χ3n) is 3.66. The Kier molecular flexibility index (Phi) is 4.83. The van der Waals surface area contributed by atoms with Gasteiger partial charge in [0.1, 0.15) is 17.7 Å². The van der Waals surface area contributed by atoms with Gasteiger partial charge >= 0.3 is 0 Å². The first-order chi connectivity index (χ1) is 11.2. The van der Waals surface area contributed by atoms with Crippen LogP contribution < -0.4 is 0 Å². The van der Waals surface area contributed by atoms with Crippen molar-refractivity contribution in [3.63, 3.8) is 0 Å². The average molecular weight is 313 g/mol. The average Bonchev–Trinajstić information content (AvgIpc) is 3.07. The molecule has 0 amide bonds. The molecule has 0 fully saturated rings. The largest absolute Gasteiger partial charge is 0.368 e. The van der Waals surface area contributed by atoms with Gasteiger partial charge in [-0.3, -0.25) is 0 Å². The second-order valence-electron chi connectivity index (χ2n) is 5.30. The molecule has 0 spiro atoms. The summed E-state index contributed by atoms with van der Waals surface area (Å²) in [5.74, 6) is -0.587. The van der Waals surface area contributed by atoms with Crippen LogP contribution in [0.1, 0.15) is 22.9 Å². The van der Waals surface area contributed by atoms with E-state index in [1.807, 2.05) is 18.3 Å². The Hall–Kier alpha value is -2.46. The molecule has 0 unspecified atom stereocenters. The number of nitrogens with one attached hydrogen (secondary N) is 1. The van der Waals surface area contributed by atoms with E-state index >= 15 is 0 Å². The molecule has 0 radical (unpaired) electrons. The van der Waals surface area contributed by atoms with Gasteiger partial charge in [-0.05, 0) is 47.5 Å². The number of aromatic nitrogens is 1. The van der Waals surface area contributed by atoms with Gasteiger partial charge in [-0.2, -0.15) is 0 Å². The summed E-state index contributed by atoms with van der Waals surface area (Å²) in [5, 5.41) is 0. The summed E-state index contributed by atoms with van der Waals surface area (Å²) in [6.07, 6.45) is 2.25. The molecule has 0 aliphatic rings. The molecule has 4 heteroatoms. The summed E-state index contributed by atoms with van der Waals surface area (Å²) in [6, 6.07) is 16.3. The summed E-state index contributed by atoms with van der Waals surface area (Å²) in [6.45, 7) is 0.500. The minimum atomic E-state index is -0.355. The Morgan fingerprint density at radius 2 is 1.39 bits per heavy atom. The van der Waals surface area contributed by atoms with Crippen LogP contribution in [0.2, 0.25) is 0 Å². The molecule has 0 saturated carbocycles. The lowest BCUT2D eigenvalue weighted by atomic mass is 10.0. The van der Waals surface area contributed by atoms with Crippen molar-refractivity contribution in [3.8, 4) is 0 Å². The van der Waals surface area contributed by atoms with E-state index in [0.717, 1.165) is 23.2 Å². The van der Waals surface area contributed by atoms with Crippen LogP contribution in [-0.2, 0) is 11.2 Å². The molecule has 2 aromatic carbocycles. The van der Waals surface area contributed by atoms with Crippen molar-refractivity contribution in [3.05, 3.63) is 95.3 Å². The van der Waals surface area contributed by atoms with E-state index < -0.39 is 0 Å². The number of rotatable bonds is 6. The van der Waals surface area contributed by atoms with Crippen LogP contribution in [0.3, 0.4) is 0 Å². The zero-order valence-electron chi connectivity index (χ0n) is 12.5. The van der Waals surface area contributed by atoms with Gasteiger partial charge in [0.25, 0.3) is 0 Å². The maximum absolute atomic E-state index is 13.1. The molecule has 0 bridgehead atoms. The smallest absolute Gasteiger partial charge is 0.123 e. The van der Waals surface area contributed by atoms with E-state index in [1.54, 1.807) is 24.3 Å². The number of benzene rings is 2. The van der Waals surface area contributed by atoms with Crippen molar-refractivity contribution in [2.24, 2.45) is 0 Å². The Bertz CT molecular complexity index is 676. The molecule has 1 heterocycles. The molecule has 0 aliphatic heterocycles. The Morgan fingerprint density at radius 3 is 1.87 bits per heavy atom. The molecular formula is C19H17F2NO. The molecule has 0 saturated heterocycles. The third kappa shape index (κ3) is 4.05. The van der Waals surface area contributed by atoms with E-state index in [9.17, 15) is 8.78 Å². The van der Waals surface area contributed by atoms with E-state index in [0.29, 0.717) is 6.61 Å². The summed E-state index contributed by atoms with van der Waals surface area (Å²) in [7, 11) is 0. The highest BCUT2D eigenvalue weighted by Crippen LogP contribution is 2.26. The lowest BCUT2D eigenvalue weighted by Gasteiger charge is -2.19. The van der Waals surface area contributed by atoms with Crippen molar-refractivity contribution in [2.45, 2.75) is 12.5 Å². The quantitative estimate of drug-likeness (QED) is 0.704. The van der Waals surface area contributed by atoms with Gasteiger partial charge in [0.15, 0.2) is 0 Å². The second-order valence-corrected chi connectivity index (χ2v) is 5.30. The third-order valence-corrected chi connectivity index (χ3v) is 3.66. The number of hydrogen-bond acceptors (Lipinski definition) is 1. The topological polar surface area (TPSA) is 25.0 Å². The SMILES string of the molecule is Fc1ccc(C(OCCc2ccc[nH]2)c2ccc(F)cc2)cc1. The van der Waals surface area contributed by atoms with Crippen LogP contribution in [0.15, 0.2) is 66.9 Å². The highest BCUT2D eigenvalue weighted by atomic mass is 19.1. The van der Waals surface area contributed by atoms with Crippen molar-refractivity contribution in [1.82, 2.24) is 4.98 Å². The lowest BCUT2D eigenvalue weighted by molar-refractivity contribution is 0.0821. The van der Waals surface area contributed by atoms with Crippen LogP contribution in [0.25, 0.3) is 0 Å². The maximum Gasteiger partial charge on any atom is 0.123 e. The maximum atomic E-state index is 13.1. The molecule has 1 aromatic heterocycles. The summed E-state index contributed by atoms with van der Waals surface area (Å²) < 4.78 is 32.3. The molecule has 0 aliphatic carbocycles. The van der Waals surface area contributed by atoms with Gasteiger partial charge in [-0.15, -0.1) is 0 Å². The first-order valence-electron chi connectivity index (χ1n) is 7.47. The van der Waals surface area contributed by atoms with Crippen LogP contribution in [0.5, 0.6) is 0 Å². The van der Waals surface area contributed by atoms with Crippen LogP contribution in [-0.4, -0.2) is 11.6 Å². The number of ether oxygens (including phenoxy) is 1. The number of aromatic amines is 1. The van der Waals surface area contributed by atoms with Crippen molar-refractivity contribution in [2.75, 3.05) is 6.61 Å². The fraction of sp³-hybridized carbons (Fsp3) is 0.158. The number of H-pyrrole nitrogens is 1. The predicted octanol–water partition coefficient (Wildman–Crippen LogP) is 4.64. The first-order valence-corrected chi connectivity index (χ1v) is 7.47. The molecule has 118 valence electrons. The molecule has 3 rings (SSSR count). The second kappa shape index (κ2) is 7.20. The summed E-state index contributed by atoms with van der Waals surface area (Å²) in [5.41, 5.74) is 2.76. The van der Waals surface area contributed by atoms with Crippen molar-refractivity contribution in [1.29, 1.82) is 0 Å². The number of hydrogen-bond donors (Lipinski definition) is 1. The molecule has 23 heavy (non-hydrogen) atoms. The Balaban J connectivity index is 1.77. The molecule has 1 N–H and O–H groups in total. The van der Waals surface area contributed by atoms with Crippen molar-refractivity contribution < 1.29 is 13.5 Å². The highest BCUT2D eigenvalue weighted by molar-refractivity contribution is 5.30. The zero-order valence-corrected chi connectivity index (χ0v) is 12.5. The van der Waals surface area contributed by atoms with Gasteiger partial charge in [0.2, 0.25) is 0 Å². The van der Waals surface area contributed by atoms with Gasteiger partial charge < -0.3 is 9.72 Å². The summed E-state index contributed by atoms with van der Waals surface area (Å²) in [4.78, 5) is 3.13. The standard InChI is InChI=1S/C19H17F2NO/c20-16-7-3-14(4-8-16)19(15-5-9-17(21)10-6-15)23-13-11-18-2-1-12-22-18/h1-10,12,19,22H,11,13H2. The monoisotopic (exact) mass is 313 g/mol. The van der Waals surface area contributed by atoms with Gasteiger partial charge in [0, 0.05) is 18.3 Å². The van der Waals surface area contributed by atoms with Gasteiger partial charge in [-0.1, -0.05) is 24.3 Å². The first kappa shape index (κ1) is 15.4. The van der Waals surface area contributed by atoms with Crippen LogP contribution in [0.4, 0.5) is 8.78 Å². The molecular weight excluding hydrogens is 296 g/mol. The predicted molar refractivity (Wildman–Crippen MR) is 85.1 cm³/mol. The van der Waals surface area contributed by atoms with Crippen molar-refractivity contribution >= 4 is 0 Å². The van der Waals surface area contributed by atoms with Gasteiger partial charge in [-0.25, -0.2) is 8.78 Å². The molecule has 0 atom stereocenters. The number of halogens is 2. The van der Waals surface area contributed by atoms with Crippen LogP contribution in [0, 0.1) is 11.6 Å². The van der Waals surface area contributed by atoms with E-state index in [1.165, 1.54) is 24.3 Å². The fourth-order valence-electron chi connectivity index (χ4n) is 2.47. The van der Waals surface area contributed by atoms with E-state index in [-0.39, 0.29) is 17.7 Å². The molecule has 3 aromatic rings. The minimum absolute atomic E-state index is 0.294. The normalized spacial score (nSPS) is 11.1. The summed E-state index contributed by atoms with van der Waals surface area (Å²) >= 11 is 0. The van der Waals surface area contributed by atoms with E-state index in [4.69, 9.17) is 4.74 Å². The fourth-order valence-corrected chi connectivity index (χ4v) is 2.47. The van der Waals surface area contributed by atoms with E-state index in [2.05, 4.69) is 4.98 Å². The Labute approximate surface area is 133 Å². The molecule has 2 nitrogen and oxygen atoms in total. The lowest BCUT2D eigenvalue weighted by Crippen LogP contribution is -2.09.